The molecule has 2 aromatic carbocycles. The minimum absolute atomic E-state index is 0.287. The fraction of sp³-hybridized carbons (Fsp3) is 0.0556. The summed E-state index contributed by atoms with van der Waals surface area (Å²) in [6.45, 7) is 5.05. The summed E-state index contributed by atoms with van der Waals surface area (Å²) in [6, 6.07) is 12.9. The number of amides is 2. The van der Waals surface area contributed by atoms with Crippen molar-refractivity contribution in [3.8, 4) is 5.75 Å². The summed E-state index contributed by atoms with van der Waals surface area (Å²) in [5.74, 6) is -0.939. The Morgan fingerprint density at radius 3 is 1.96 bits per heavy atom. The standard InChI is InChI=1S/C18H13NO4/c1-11(2)18(22)23-13-9-7-12(8-10-13)19-16(20)14-5-3-4-6-15(14)17(19)21/h3-10H,1H2,2H3. The molecule has 0 bridgehead atoms. The van der Waals surface area contributed by atoms with Crippen LogP contribution in [0.5, 0.6) is 5.75 Å². The van der Waals surface area contributed by atoms with Crippen LogP contribution < -0.4 is 9.64 Å². The lowest BCUT2D eigenvalue weighted by Crippen LogP contribution is -2.29. The van der Waals surface area contributed by atoms with Gasteiger partial charge in [0, 0.05) is 5.57 Å². The summed E-state index contributed by atoms with van der Waals surface area (Å²) >= 11 is 0. The van der Waals surface area contributed by atoms with Gasteiger partial charge in [-0.25, -0.2) is 9.69 Å². The third-order valence-corrected chi connectivity index (χ3v) is 3.45. The number of fused-ring (bicyclic) bond motifs is 1. The highest BCUT2D eigenvalue weighted by Crippen LogP contribution is 2.29. The molecule has 5 nitrogen and oxygen atoms in total. The molecule has 0 radical (unpaired) electrons. The summed E-state index contributed by atoms with van der Waals surface area (Å²) in [7, 11) is 0. The van der Waals surface area contributed by atoms with E-state index in [9.17, 15) is 14.4 Å². The molecule has 0 spiro atoms. The van der Waals surface area contributed by atoms with Gasteiger partial charge in [0.05, 0.1) is 16.8 Å². The third-order valence-electron chi connectivity index (χ3n) is 3.45. The Labute approximate surface area is 132 Å². The molecule has 114 valence electrons. The second-order valence-electron chi connectivity index (χ2n) is 5.16. The van der Waals surface area contributed by atoms with Crippen LogP contribution in [-0.2, 0) is 4.79 Å². The molecule has 2 aromatic rings. The average molecular weight is 307 g/mol. The molecule has 0 aliphatic carbocycles. The molecule has 2 amide bonds. The Kier molecular flexibility index (Phi) is 3.54. The van der Waals surface area contributed by atoms with E-state index in [-0.39, 0.29) is 17.4 Å². The van der Waals surface area contributed by atoms with Gasteiger partial charge in [0.1, 0.15) is 5.75 Å². The molecule has 0 unspecified atom stereocenters. The van der Waals surface area contributed by atoms with E-state index in [2.05, 4.69) is 6.58 Å². The van der Waals surface area contributed by atoms with Crippen molar-refractivity contribution in [1.29, 1.82) is 0 Å². The minimum Gasteiger partial charge on any atom is -0.423 e. The predicted molar refractivity (Wildman–Crippen MR) is 84.5 cm³/mol. The highest BCUT2D eigenvalue weighted by molar-refractivity contribution is 6.34. The number of esters is 1. The normalized spacial score (nSPS) is 13.0. The number of imide groups is 1. The first-order valence-corrected chi connectivity index (χ1v) is 6.94. The zero-order chi connectivity index (χ0) is 16.6. The fourth-order valence-electron chi connectivity index (χ4n) is 2.28. The van der Waals surface area contributed by atoms with Gasteiger partial charge in [0.2, 0.25) is 0 Å². The topological polar surface area (TPSA) is 63.7 Å². The van der Waals surface area contributed by atoms with E-state index in [0.29, 0.717) is 22.6 Å². The van der Waals surface area contributed by atoms with E-state index >= 15 is 0 Å². The van der Waals surface area contributed by atoms with Gasteiger partial charge in [0.25, 0.3) is 11.8 Å². The number of carbonyl (C=O) groups excluding carboxylic acids is 3. The molecule has 1 heterocycles. The van der Waals surface area contributed by atoms with E-state index in [1.807, 2.05) is 0 Å². The lowest BCUT2D eigenvalue weighted by atomic mass is 10.1. The van der Waals surface area contributed by atoms with Crippen molar-refractivity contribution in [2.75, 3.05) is 4.90 Å². The van der Waals surface area contributed by atoms with Crippen LogP contribution in [0.4, 0.5) is 5.69 Å². The maximum absolute atomic E-state index is 12.4. The number of benzene rings is 2. The molecule has 0 N–H and O–H groups in total. The van der Waals surface area contributed by atoms with E-state index in [0.717, 1.165) is 4.90 Å². The lowest BCUT2D eigenvalue weighted by Gasteiger charge is -2.14. The smallest absolute Gasteiger partial charge is 0.338 e. The summed E-state index contributed by atoms with van der Waals surface area (Å²) in [5.41, 5.74) is 1.48. The van der Waals surface area contributed by atoms with E-state index in [1.54, 1.807) is 43.3 Å². The molecule has 0 atom stereocenters. The molecule has 0 saturated heterocycles. The quantitative estimate of drug-likeness (QED) is 0.378. The average Bonchev–Trinajstić information content (AvgIpc) is 2.80. The van der Waals surface area contributed by atoms with Gasteiger partial charge < -0.3 is 4.74 Å². The molecule has 23 heavy (non-hydrogen) atoms. The first-order valence-electron chi connectivity index (χ1n) is 6.94. The highest BCUT2D eigenvalue weighted by Gasteiger charge is 2.36. The van der Waals surface area contributed by atoms with Crippen molar-refractivity contribution in [3.63, 3.8) is 0 Å². The molecule has 1 aliphatic rings. The molecule has 5 heteroatoms. The number of anilines is 1. The van der Waals surface area contributed by atoms with Crippen molar-refractivity contribution in [2.45, 2.75) is 6.92 Å². The third kappa shape index (κ3) is 2.53. The molecule has 3 rings (SSSR count). The Morgan fingerprint density at radius 1 is 0.957 bits per heavy atom. The summed E-state index contributed by atoms with van der Waals surface area (Å²) in [4.78, 5) is 37.3. The number of nitrogens with zero attached hydrogens (tertiary/aromatic N) is 1. The second-order valence-corrected chi connectivity index (χ2v) is 5.16. The number of rotatable bonds is 3. The van der Waals surface area contributed by atoms with Gasteiger partial charge in [-0.05, 0) is 43.3 Å². The highest BCUT2D eigenvalue weighted by atomic mass is 16.5. The van der Waals surface area contributed by atoms with Crippen LogP contribution in [0.1, 0.15) is 27.6 Å². The van der Waals surface area contributed by atoms with E-state index < -0.39 is 5.97 Å². The van der Waals surface area contributed by atoms with Gasteiger partial charge in [0.15, 0.2) is 0 Å². The maximum atomic E-state index is 12.4. The lowest BCUT2D eigenvalue weighted by molar-refractivity contribution is -0.130. The Bertz CT molecular complexity index is 801. The van der Waals surface area contributed by atoms with Crippen LogP contribution in [0.15, 0.2) is 60.7 Å². The zero-order valence-electron chi connectivity index (χ0n) is 12.4. The van der Waals surface area contributed by atoms with Crippen LogP contribution in [-0.4, -0.2) is 17.8 Å². The van der Waals surface area contributed by atoms with Crippen LogP contribution >= 0.6 is 0 Å². The van der Waals surface area contributed by atoms with Crippen LogP contribution in [0.3, 0.4) is 0 Å². The molecule has 1 aliphatic heterocycles. The second kappa shape index (κ2) is 5.53. The van der Waals surface area contributed by atoms with Crippen molar-refractivity contribution in [2.24, 2.45) is 0 Å². The van der Waals surface area contributed by atoms with Crippen molar-refractivity contribution >= 4 is 23.5 Å². The first-order chi connectivity index (χ1) is 11.0. The number of carbonyl (C=O) groups is 3. The Balaban J connectivity index is 1.87. The Hall–Kier alpha value is -3.21. The minimum atomic E-state index is -0.529. The summed E-state index contributed by atoms with van der Waals surface area (Å²) in [6.07, 6.45) is 0. The zero-order valence-corrected chi connectivity index (χ0v) is 12.4. The molecular formula is C18H13NO4. The van der Waals surface area contributed by atoms with Crippen LogP contribution in [0.25, 0.3) is 0 Å². The maximum Gasteiger partial charge on any atom is 0.338 e. The van der Waals surface area contributed by atoms with Crippen LogP contribution in [0, 0.1) is 0 Å². The van der Waals surface area contributed by atoms with E-state index in [4.69, 9.17) is 4.74 Å². The van der Waals surface area contributed by atoms with Gasteiger partial charge in [-0.3, -0.25) is 9.59 Å². The van der Waals surface area contributed by atoms with Crippen molar-refractivity contribution in [3.05, 3.63) is 71.8 Å². The van der Waals surface area contributed by atoms with Crippen molar-refractivity contribution < 1.29 is 19.1 Å². The number of hydrogen-bond acceptors (Lipinski definition) is 4. The van der Waals surface area contributed by atoms with Gasteiger partial charge in [-0.2, -0.15) is 0 Å². The molecule has 0 aromatic heterocycles. The Morgan fingerprint density at radius 2 is 1.48 bits per heavy atom. The SMILES string of the molecule is C=C(C)C(=O)Oc1ccc(N2C(=O)c3ccccc3C2=O)cc1. The largest absolute Gasteiger partial charge is 0.423 e. The van der Waals surface area contributed by atoms with Gasteiger partial charge in [-0.1, -0.05) is 18.7 Å². The number of ether oxygens (including phenoxy) is 1. The first kappa shape index (κ1) is 14.7. The van der Waals surface area contributed by atoms with Crippen molar-refractivity contribution in [1.82, 2.24) is 0 Å². The summed E-state index contributed by atoms with van der Waals surface area (Å²) < 4.78 is 5.08. The molecule has 0 fully saturated rings. The number of hydrogen-bond donors (Lipinski definition) is 0. The van der Waals surface area contributed by atoms with E-state index in [1.165, 1.54) is 12.1 Å². The molecular weight excluding hydrogens is 294 g/mol. The van der Waals surface area contributed by atoms with Gasteiger partial charge >= 0.3 is 5.97 Å². The predicted octanol–water partition coefficient (Wildman–Crippen LogP) is 2.97. The van der Waals surface area contributed by atoms with Gasteiger partial charge in [-0.15, -0.1) is 0 Å². The fourth-order valence-corrected chi connectivity index (χ4v) is 2.28. The monoisotopic (exact) mass is 307 g/mol. The van der Waals surface area contributed by atoms with Crippen LogP contribution in [0.2, 0.25) is 0 Å². The molecule has 0 saturated carbocycles. The summed E-state index contributed by atoms with van der Waals surface area (Å²) in [5, 5.41) is 0.